The van der Waals surface area contributed by atoms with Crippen molar-refractivity contribution in [3.63, 3.8) is 0 Å². The first kappa shape index (κ1) is 10.8. The molecule has 0 spiro atoms. The van der Waals surface area contributed by atoms with Gasteiger partial charge in [0.1, 0.15) is 5.82 Å². The Hall–Kier alpha value is -1.75. The molecule has 2 aromatic rings. The zero-order valence-corrected chi connectivity index (χ0v) is 8.58. The summed E-state index contributed by atoms with van der Waals surface area (Å²) in [6.07, 6.45) is 1.35. The largest absolute Gasteiger partial charge is 0.436 e. The van der Waals surface area contributed by atoms with Gasteiger partial charge in [-0.25, -0.2) is 13.8 Å². The highest BCUT2D eigenvalue weighted by molar-refractivity contribution is 6.28. The molecule has 0 N–H and O–H groups in total. The second-order valence-corrected chi connectivity index (χ2v) is 3.18. The Morgan fingerprint density at radius 2 is 2.00 bits per heavy atom. The molecule has 16 heavy (non-hydrogen) atoms. The summed E-state index contributed by atoms with van der Waals surface area (Å²) in [6.45, 7) is 0. The molecular weight excluding hydrogens is 238 g/mol. The highest BCUT2D eigenvalue weighted by atomic mass is 35.5. The fourth-order valence-corrected chi connectivity index (χ4v) is 1.18. The van der Waals surface area contributed by atoms with Crippen molar-refractivity contribution in [2.75, 3.05) is 0 Å². The van der Waals surface area contributed by atoms with Gasteiger partial charge in [0.2, 0.25) is 11.2 Å². The van der Waals surface area contributed by atoms with Gasteiger partial charge in [0.05, 0.1) is 0 Å². The molecule has 2 rings (SSSR count). The van der Waals surface area contributed by atoms with Crippen LogP contribution in [-0.4, -0.2) is 9.97 Å². The number of halogens is 3. The van der Waals surface area contributed by atoms with Crippen molar-refractivity contribution < 1.29 is 13.5 Å². The van der Waals surface area contributed by atoms with E-state index in [1.165, 1.54) is 12.3 Å². The average molecular weight is 243 g/mol. The standard InChI is InChI=1S/C10H5ClF2N2O/c11-10-14-4-3-9(15-10)16-8-5-6(12)1-2-7(8)13/h1-5H. The van der Waals surface area contributed by atoms with Crippen LogP contribution in [0.5, 0.6) is 11.6 Å². The fourth-order valence-electron chi connectivity index (χ4n) is 1.04. The Balaban J connectivity index is 2.30. The van der Waals surface area contributed by atoms with Gasteiger partial charge in [-0.15, -0.1) is 0 Å². The number of rotatable bonds is 2. The normalized spacial score (nSPS) is 10.2. The summed E-state index contributed by atoms with van der Waals surface area (Å²) >= 11 is 5.51. The molecule has 0 aliphatic rings. The van der Waals surface area contributed by atoms with Crippen LogP contribution in [0.25, 0.3) is 0 Å². The minimum absolute atomic E-state index is 0.0330. The van der Waals surface area contributed by atoms with Crippen LogP contribution < -0.4 is 4.74 Å². The minimum Gasteiger partial charge on any atom is -0.436 e. The molecule has 0 unspecified atom stereocenters. The quantitative estimate of drug-likeness (QED) is 0.759. The summed E-state index contributed by atoms with van der Waals surface area (Å²) in [5, 5.41) is -0.0330. The summed E-state index contributed by atoms with van der Waals surface area (Å²) in [4.78, 5) is 7.31. The molecule has 0 saturated heterocycles. The van der Waals surface area contributed by atoms with Gasteiger partial charge < -0.3 is 4.74 Å². The fraction of sp³-hybridized carbons (Fsp3) is 0. The van der Waals surface area contributed by atoms with Crippen LogP contribution in [-0.2, 0) is 0 Å². The van der Waals surface area contributed by atoms with Crippen LogP contribution >= 0.6 is 11.6 Å². The van der Waals surface area contributed by atoms with Crippen LogP contribution in [0.15, 0.2) is 30.5 Å². The topological polar surface area (TPSA) is 35.0 Å². The third-order valence-corrected chi connectivity index (χ3v) is 1.89. The van der Waals surface area contributed by atoms with Gasteiger partial charge in [-0.2, -0.15) is 4.98 Å². The molecule has 0 atom stereocenters. The van der Waals surface area contributed by atoms with Crippen molar-refractivity contribution in [3.8, 4) is 11.6 Å². The second kappa shape index (κ2) is 4.40. The lowest BCUT2D eigenvalue weighted by atomic mass is 10.3. The number of nitrogens with zero attached hydrogens (tertiary/aromatic N) is 2. The predicted octanol–water partition coefficient (Wildman–Crippen LogP) is 3.20. The Kier molecular flexibility index (Phi) is 2.96. The number of hydrogen-bond donors (Lipinski definition) is 0. The Morgan fingerprint density at radius 3 is 2.75 bits per heavy atom. The maximum absolute atomic E-state index is 13.2. The molecular formula is C10H5ClF2N2O. The Morgan fingerprint density at radius 1 is 1.19 bits per heavy atom. The summed E-state index contributed by atoms with van der Waals surface area (Å²) < 4.78 is 31.0. The molecule has 0 aliphatic heterocycles. The summed E-state index contributed by atoms with van der Waals surface area (Å²) in [5.74, 6) is -1.49. The van der Waals surface area contributed by atoms with Gasteiger partial charge in [0, 0.05) is 18.3 Å². The average Bonchev–Trinajstić information content (AvgIpc) is 2.24. The zero-order chi connectivity index (χ0) is 11.5. The third-order valence-electron chi connectivity index (χ3n) is 1.71. The van der Waals surface area contributed by atoms with Crippen molar-refractivity contribution in [1.82, 2.24) is 9.97 Å². The van der Waals surface area contributed by atoms with E-state index in [0.717, 1.165) is 18.2 Å². The van der Waals surface area contributed by atoms with Gasteiger partial charge in [-0.3, -0.25) is 0 Å². The van der Waals surface area contributed by atoms with Gasteiger partial charge in [-0.05, 0) is 23.7 Å². The van der Waals surface area contributed by atoms with E-state index in [9.17, 15) is 8.78 Å². The summed E-state index contributed by atoms with van der Waals surface area (Å²) in [5.41, 5.74) is 0. The third kappa shape index (κ3) is 2.43. The van der Waals surface area contributed by atoms with Crippen LogP contribution in [0.2, 0.25) is 5.28 Å². The molecule has 3 nitrogen and oxygen atoms in total. The molecule has 0 amide bonds. The van der Waals surface area contributed by atoms with E-state index in [1.54, 1.807) is 0 Å². The lowest BCUT2D eigenvalue weighted by Crippen LogP contribution is -1.92. The first-order valence-corrected chi connectivity index (χ1v) is 4.64. The number of benzene rings is 1. The molecule has 1 heterocycles. The number of aromatic nitrogens is 2. The van der Waals surface area contributed by atoms with Crippen molar-refractivity contribution in [2.45, 2.75) is 0 Å². The van der Waals surface area contributed by atoms with Gasteiger partial charge in [0.25, 0.3) is 0 Å². The van der Waals surface area contributed by atoms with Crippen LogP contribution in [0, 0.1) is 11.6 Å². The molecule has 82 valence electrons. The monoisotopic (exact) mass is 242 g/mol. The first-order valence-electron chi connectivity index (χ1n) is 4.26. The van der Waals surface area contributed by atoms with Crippen LogP contribution in [0.3, 0.4) is 0 Å². The number of hydrogen-bond acceptors (Lipinski definition) is 3. The maximum atomic E-state index is 13.2. The van der Waals surface area contributed by atoms with Gasteiger partial charge in [-0.1, -0.05) is 0 Å². The van der Waals surface area contributed by atoms with E-state index in [2.05, 4.69) is 9.97 Å². The molecule has 0 aliphatic carbocycles. The van der Waals surface area contributed by atoms with Crippen LogP contribution in [0.4, 0.5) is 8.78 Å². The van der Waals surface area contributed by atoms with Crippen molar-refractivity contribution in [3.05, 3.63) is 47.4 Å². The smallest absolute Gasteiger partial charge is 0.225 e. The molecule has 0 fully saturated rings. The Labute approximate surface area is 94.7 Å². The van der Waals surface area contributed by atoms with E-state index >= 15 is 0 Å². The molecule has 0 bridgehead atoms. The highest BCUT2D eigenvalue weighted by Crippen LogP contribution is 2.23. The second-order valence-electron chi connectivity index (χ2n) is 2.84. The Bertz CT molecular complexity index is 522. The van der Waals surface area contributed by atoms with Gasteiger partial charge in [0.15, 0.2) is 11.6 Å². The predicted molar refractivity (Wildman–Crippen MR) is 53.5 cm³/mol. The molecule has 0 radical (unpaired) electrons. The first-order chi connectivity index (χ1) is 7.65. The SMILES string of the molecule is Fc1ccc(F)c(Oc2ccnc(Cl)n2)c1. The van der Waals surface area contributed by atoms with E-state index in [-0.39, 0.29) is 16.9 Å². The highest BCUT2D eigenvalue weighted by Gasteiger charge is 2.07. The van der Waals surface area contributed by atoms with E-state index in [4.69, 9.17) is 16.3 Å². The number of ether oxygens (including phenoxy) is 1. The van der Waals surface area contributed by atoms with Crippen molar-refractivity contribution in [1.29, 1.82) is 0 Å². The molecule has 1 aromatic carbocycles. The summed E-state index contributed by atoms with van der Waals surface area (Å²) in [6, 6.07) is 4.27. The molecule has 0 saturated carbocycles. The van der Waals surface area contributed by atoms with E-state index in [1.807, 2.05) is 0 Å². The lowest BCUT2D eigenvalue weighted by molar-refractivity contribution is 0.421. The van der Waals surface area contributed by atoms with E-state index < -0.39 is 11.6 Å². The van der Waals surface area contributed by atoms with Crippen LogP contribution in [0.1, 0.15) is 0 Å². The van der Waals surface area contributed by atoms with Crippen molar-refractivity contribution in [2.24, 2.45) is 0 Å². The lowest BCUT2D eigenvalue weighted by Gasteiger charge is -2.05. The van der Waals surface area contributed by atoms with E-state index in [0.29, 0.717) is 0 Å². The van der Waals surface area contributed by atoms with Crippen molar-refractivity contribution >= 4 is 11.6 Å². The molecule has 6 heteroatoms. The zero-order valence-electron chi connectivity index (χ0n) is 7.82. The summed E-state index contributed by atoms with van der Waals surface area (Å²) in [7, 11) is 0. The van der Waals surface area contributed by atoms with Gasteiger partial charge >= 0.3 is 0 Å². The minimum atomic E-state index is -0.684. The molecule has 1 aromatic heterocycles. The maximum Gasteiger partial charge on any atom is 0.225 e.